The zero-order valence-corrected chi connectivity index (χ0v) is 17.1. The van der Waals surface area contributed by atoms with Crippen LogP contribution in [0.15, 0.2) is 65.6 Å². The van der Waals surface area contributed by atoms with Crippen LogP contribution in [0.2, 0.25) is 0 Å². The Morgan fingerprint density at radius 2 is 1.82 bits per heavy atom. The maximum absolute atomic E-state index is 11.6. The van der Waals surface area contributed by atoms with Crippen LogP contribution in [0.25, 0.3) is 0 Å². The highest BCUT2D eigenvalue weighted by molar-refractivity contribution is 7.99. The number of carbonyl (C=O) groups is 1. The van der Waals surface area contributed by atoms with E-state index < -0.39 is 11.2 Å². The average molecular weight is 399 g/mol. The zero-order valence-electron chi connectivity index (χ0n) is 16.3. The van der Waals surface area contributed by atoms with Gasteiger partial charge in [0, 0.05) is 17.6 Å². The van der Waals surface area contributed by atoms with E-state index >= 15 is 0 Å². The summed E-state index contributed by atoms with van der Waals surface area (Å²) in [7, 11) is 0. The summed E-state index contributed by atoms with van der Waals surface area (Å²) in [6.45, 7) is 3.40. The predicted molar refractivity (Wildman–Crippen MR) is 109 cm³/mol. The van der Waals surface area contributed by atoms with E-state index in [0.717, 1.165) is 30.6 Å². The Labute approximate surface area is 170 Å². The Kier molecular flexibility index (Phi) is 5.50. The van der Waals surface area contributed by atoms with Crippen molar-refractivity contribution in [3.05, 3.63) is 66.2 Å². The Balaban J connectivity index is 1.60. The van der Waals surface area contributed by atoms with Crippen molar-refractivity contribution in [3.8, 4) is 0 Å². The molecule has 2 aromatic carbocycles. The lowest BCUT2D eigenvalue weighted by atomic mass is 9.68. The first-order chi connectivity index (χ1) is 13.5. The number of benzene rings is 2. The number of thioether (sulfide) groups is 1. The van der Waals surface area contributed by atoms with Crippen LogP contribution in [0.5, 0.6) is 0 Å². The Hall–Kier alpha value is -1.82. The maximum Gasteiger partial charge on any atom is 0.303 e. The van der Waals surface area contributed by atoms with Gasteiger partial charge in [-0.2, -0.15) is 0 Å². The molecule has 0 spiro atoms. The highest BCUT2D eigenvalue weighted by Gasteiger charge is 2.56. The summed E-state index contributed by atoms with van der Waals surface area (Å²) in [5.74, 6) is 0.792. The fourth-order valence-corrected chi connectivity index (χ4v) is 5.59. The van der Waals surface area contributed by atoms with Crippen molar-refractivity contribution >= 4 is 17.7 Å². The minimum absolute atomic E-state index is 0.242. The van der Waals surface area contributed by atoms with Gasteiger partial charge in [0.1, 0.15) is 17.3 Å². The quantitative estimate of drug-likeness (QED) is 0.397. The fourth-order valence-electron chi connectivity index (χ4n) is 4.41. The lowest BCUT2D eigenvalue weighted by Crippen LogP contribution is -2.58. The van der Waals surface area contributed by atoms with Gasteiger partial charge in [0.25, 0.3) is 0 Å². The molecule has 4 atom stereocenters. The molecule has 4 rings (SSSR count). The van der Waals surface area contributed by atoms with E-state index in [4.69, 9.17) is 14.5 Å². The van der Waals surface area contributed by atoms with Crippen molar-refractivity contribution < 1.29 is 19.3 Å². The molecular formula is C23H26O4S. The summed E-state index contributed by atoms with van der Waals surface area (Å²) in [5.41, 5.74) is -0.00825. The Bertz CT molecular complexity index is 812. The summed E-state index contributed by atoms with van der Waals surface area (Å²) in [5, 5.41) is 0. The molecule has 0 N–H and O–H groups in total. The molecule has 1 saturated carbocycles. The van der Waals surface area contributed by atoms with Gasteiger partial charge >= 0.3 is 5.97 Å². The molecule has 2 fully saturated rings. The van der Waals surface area contributed by atoms with Crippen LogP contribution in [-0.2, 0) is 24.9 Å². The van der Waals surface area contributed by atoms with Gasteiger partial charge < -0.3 is 4.74 Å². The van der Waals surface area contributed by atoms with Crippen LogP contribution in [0.4, 0.5) is 0 Å². The molecule has 148 valence electrons. The monoisotopic (exact) mass is 398 g/mol. The van der Waals surface area contributed by atoms with Crippen molar-refractivity contribution in [1.82, 2.24) is 0 Å². The summed E-state index contributed by atoms with van der Waals surface area (Å²) in [6.07, 6.45) is 2.27. The second-order valence-corrected chi connectivity index (χ2v) is 8.95. The van der Waals surface area contributed by atoms with Crippen molar-refractivity contribution in [2.75, 3.05) is 5.75 Å². The molecule has 1 heterocycles. The Morgan fingerprint density at radius 1 is 1.14 bits per heavy atom. The largest absolute Gasteiger partial charge is 0.457 e. The van der Waals surface area contributed by atoms with Crippen molar-refractivity contribution in [3.63, 3.8) is 0 Å². The van der Waals surface area contributed by atoms with Crippen LogP contribution < -0.4 is 0 Å². The Morgan fingerprint density at radius 3 is 2.50 bits per heavy atom. The molecule has 1 aliphatic heterocycles. The highest BCUT2D eigenvalue weighted by Crippen LogP contribution is 2.52. The van der Waals surface area contributed by atoms with Crippen molar-refractivity contribution in [1.29, 1.82) is 0 Å². The van der Waals surface area contributed by atoms with Gasteiger partial charge in [0.2, 0.25) is 0 Å². The van der Waals surface area contributed by atoms with E-state index in [1.807, 2.05) is 31.2 Å². The second kappa shape index (κ2) is 7.90. The van der Waals surface area contributed by atoms with Gasteiger partial charge in [-0.3, -0.25) is 4.79 Å². The summed E-state index contributed by atoms with van der Waals surface area (Å²) < 4.78 is 5.62. The molecule has 4 nitrogen and oxygen atoms in total. The SMILES string of the molecule is CC(=O)OC1(C)CCC2CC1OO[C@@]2(CSc1ccccc1)c1ccccc1. The maximum atomic E-state index is 11.6. The van der Waals surface area contributed by atoms with Crippen molar-refractivity contribution in [2.45, 2.75) is 55.3 Å². The number of ether oxygens (including phenoxy) is 1. The van der Waals surface area contributed by atoms with Crippen LogP contribution in [0.3, 0.4) is 0 Å². The lowest BCUT2D eigenvalue weighted by molar-refractivity contribution is -0.450. The third-order valence-corrected chi connectivity index (χ3v) is 7.16. The van der Waals surface area contributed by atoms with E-state index in [2.05, 4.69) is 36.4 Å². The molecule has 1 aliphatic carbocycles. The summed E-state index contributed by atoms with van der Waals surface area (Å²) in [6, 6.07) is 20.7. The molecule has 2 aromatic rings. The van der Waals surface area contributed by atoms with E-state index in [9.17, 15) is 4.79 Å². The van der Waals surface area contributed by atoms with Crippen molar-refractivity contribution in [2.24, 2.45) is 5.92 Å². The number of esters is 1. The van der Waals surface area contributed by atoms with E-state index in [-0.39, 0.29) is 12.1 Å². The predicted octanol–water partition coefficient (Wildman–Crippen LogP) is 5.13. The molecule has 2 bridgehead atoms. The molecule has 2 aliphatic rings. The van der Waals surface area contributed by atoms with Crippen LogP contribution in [0.1, 0.15) is 38.7 Å². The van der Waals surface area contributed by atoms with Crippen LogP contribution in [0, 0.1) is 5.92 Å². The first-order valence-corrected chi connectivity index (χ1v) is 10.8. The first-order valence-electron chi connectivity index (χ1n) is 9.79. The van der Waals surface area contributed by atoms with Gasteiger partial charge in [-0.25, -0.2) is 9.78 Å². The number of fused-ring (bicyclic) bond motifs is 2. The van der Waals surface area contributed by atoms with Crippen LogP contribution in [-0.4, -0.2) is 23.4 Å². The van der Waals surface area contributed by atoms with Gasteiger partial charge in [0.05, 0.1) is 0 Å². The van der Waals surface area contributed by atoms with Gasteiger partial charge in [0.15, 0.2) is 0 Å². The number of carbonyl (C=O) groups excluding carboxylic acids is 1. The molecule has 28 heavy (non-hydrogen) atoms. The second-order valence-electron chi connectivity index (χ2n) is 7.90. The smallest absolute Gasteiger partial charge is 0.303 e. The molecule has 0 radical (unpaired) electrons. The molecular weight excluding hydrogens is 372 g/mol. The summed E-state index contributed by atoms with van der Waals surface area (Å²) in [4.78, 5) is 24.9. The average Bonchev–Trinajstić information content (AvgIpc) is 2.71. The van der Waals surface area contributed by atoms with Gasteiger partial charge in [-0.1, -0.05) is 48.5 Å². The standard InChI is InChI=1S/C23H26O4S/c1-17(24)25-22(2)14-13-19-15-21(22)26-27-23(19,18-9-5-3-6-10-18)16-28-20-11-7-4-8-12-20/h3-12,19,21H,13-16H2,1-2H3/t19?,21?,22?,23-/m0/s1. The summed E-state index contributed by atoms with van der Waals surface area (Å²) >= 11 is 1.79. The number of rotatable bonds is 5. The minimum atomic E-state index is -0.627. The van der Waals surface area contributed by atoms with Gasteiger partial charge in [-0.15, -0.1) is 11.8 Å². The minimum Gasteiger partial charge on any atom is -0.457 e. The molecule has 0 amide bonds. The number of hydrogen-bond donors (Lipinski definition) is 0. The van der Waals surface area contributed by atoms with Gasteiger partial charge in [-0.05, 0) is 49.8 Å². The van der Waals surface area contributed by atoms with E-state index in [1.54, 1.807) is 11.8 Å². The third-order valence-electron chi connectivity index (χ3n) is 5.98. The zero-order chi connectivity index (χ0) is 19.6. The lowest BCUT2D eigenvalue weighted by Gasteiger charge is -2.53. The topological polar surface area (TPSA) is 44.8 Å². The molecule has 5 heteroatoms. The first kappa shape index (κ1) is 19.5. The fraction of sp³-hybridized carbons (Fsp3) is 0.435. The molecule has 1 saturated heterocycles. The third kappa shape index (κ3) is 3.71. The molecule has 3 unspecified atom stereocenters. The van der Waals surface area contributed by atoms with E-state index in [1.165, 1.54) is 11.8 Å². The van der Waals surface area contributed by atoms with Crippen LogP contribution >= 0.6 is 11.8 Å². The molecule has 0 aromatic heterocycles. The highest BCUT2D eigenvalue weighted by atomic mass is 32.2. The number of hydrogen-bond acceptors (Lipinski definition) is 5. The van der Waals surface area contributed by atoms with E-state index in [0.29, 0.717) is 5.92 Å². The normalized spacial score (nSPS) is 31.9.